The number of halogens is 1. The predicted octanol–water partition coefficient (Wildman–Crippen LogP) is 6.49. The minimum absolute atomic E-state index is 0.0171. The Bertz CT molecular complexity index is 1060. The Morgan fingerprint density at radius 2 is 1.54 bits per heavy atom. The lowest BCUT2D eigenvalue weighted by Crippen LogP contribution is -2.52. The van der Waals surface area contributed by atoms with E-state index < -0.39 is 6.04 Å². The Hall–Kier alpha value is -2.57. The van der Waals surface area contributed by atoms with Crippen LogP contribution in [0.1, 0.15) is 37.8 Å². The Kier molecular flexibility index (Phi) is 10.9. The highest BCUT2D eigenvalue weighted by Gasteiger charge is 2.30. The van der Waals surface area contributed by atoms with Gasteiger partial charge in [-0.2, -0.15) is 0 Å². The van der Waals surface area contributed by atoms with Crippen LogP contribution in [-0.2, 0) is 22.6 Å². The molecule has 0 heterocycles. The molecule has 0 spiro atoms. The number of amides is 2. The van der Waals surface area contributed by atoms with Gasteiger partial charge in [-0.1, -0.05) is 83.5 Å². The molecule has 0 radical (unpaired) electrons. The third-order valence-corrected chi connectivity index (χ3v) is 7.41. The maximum atomic E-state index is 13.6. The zero-order valence-corrected chi connectivity index (χ0v) is 22.7. The molecule has 3 aromatic rings. The summed E-state index contributed by atoms with van der Waals surface area (Å²) in [5, 5.41) is 3.12. The van der Waals surface area contributed by atoms with Crippen molar-refractivity contribution in [3.05, 3.63) is 101 Å². The van der Waals surface area contributed by atoms with Crippen LogP contribution in [0.25, 0.3) is 0 Å². The van der Waals surface area contributed by atoms with Crippen LogP contribution in [0.2, 0.25) is 0 Å². The van der Waals surface area contributed by atoms with Crippen LogP contribution in [-0.4, -0.2) is 34.6 Å². The van der Waals surface area contributed by atoms with Gasteiger partial charge in [-0.3, -0.25) is 9.59 Å². The average Bonchev–Trinajstić information content (AvgIpc) is 2.88. The molecule has 2 amide bonds. The van der Waals surface area contributed by atoms with Crippen molar-refractivity contribution in [1.82, 2.24) is 10.2 Å². The van der Waals surface area contributed by atoms with E-state index in [4.69, 9.17) is 0 Å². The Morgan fingerprint density at radius 3 is 2.17 bits per heavy atom. The van der Waals surface area contributed by atoms with Gasteiger partial charge in [0, 0.05) is 40.5 Å². The van der Waals surface area contributed by atoms with Crippen LogP contribution in [0.5, 0.6) is 0 Å². The van der Waals surface area contributed by atoms with Crippen LogP contribution in [0, 0.1) is 0 Å². The van der Waals surface area contributed by atoms with Crippen LogP contribution >= 0.6 is 27.7 Å². The highest BCUT2D eigenvalue weighted by atomic mass is 79.9. The zero-order chi connectivity index (χ0) is 25.0. The third kappa shape index (κ3) is 8.86. The Labute approximate surface area is 221 Å². The lowest BCUT2D eigenvalue weighted by molar-refractivity contribution is -0.141. The van der Waals surface area contributed by atoms with Gasteiger partial charge in [-0.15, -0.1) is 11.8 Å². The molecule has 1 N–H and O–H groups in total. The van der Waals surface area contributed by atoms with E-state index >= 15 is 0 Å². The van der Waals surface area contributed by atoms with Crippen LogP contribution < -0.4 is 5.32 Å². The number of hydrogen-bond acceptors (Lipinski definition) is 3. The van der Waals surface area contributed by atoms with Gasteiger partial charge < -0.3 is 10.2 Å². The van der Waals surface area contributed by atoms with E-state index in [1.54, 1.807) is 16.7 Å². The molecule has 0 aliphatic heterocycles. The van der Waals surface area contributed by atoms with Crippen molar-refractivity contribution < 1.29 is 9.59 Å². The summed E-state index contributed by atoms with van der Waals surface area (Å²) in [5.74, 6) is 0.533. The van der Waals surface area contributed by atoms with Crippen LogP contribution in [0.3, 0.4) is 0 Å². The fourth-order valence-electron chi connectivity index (χ4n) is 3.70. The van der Waals surface area contributed by atoms with Gasteiger partial charge in [0.05, 0.1) is 0 Å². The fraction of sp³-hybridized carbons (Fsp3) is 0.310. The molecule has 0 unspecified atom stereocenters. The molecule has 0 saturated heterocycles. The van der Waals surface area contributed by atoms with Crippen LogP contribution in [0.4, 0.5) is 0 Å². The van der Waals surface area contributed by atoms with Gasteiger partial charge in [-0.05, 0) is 48.7 Å². The Morgan fingerprint density at radius 1 is 0.914 bits per heavy atom. The number of thioether (sulfide) groups is 1. The largest absolute Gasteiger partial charge is 0.352 e. The number of hydrogen-bond donors (Lipinski definition) is 1. The first kappa shape index (κ1) is 27.0. The van der Waals surface area contributed by atoms with Crippen molar-refractivity contribution in [3.8, 4) is 0 Å². The second-order valence-electron chi connectivity index (χ2n) is 8.58. The highest BCUT2D eigenvalue weighted by molar-refractivity contribution is 9.10. The van der Waals surface area contributed by atoms with E-state index in [2.05, 4.69) is 21.2 Å². The topological polar surface area (TPSA) is 49.4 Å². The first-order valence-corrected chi connectivity index (χ1v) is 13.8. The smallest absolute Gasteiger partial charge is 0.243 e. The summed E-state index contributed by atoms with van der Waals surface area (Å²) in [6.45, 7) is 4.42. The lowest BCUT2D eigenvalue weighted by atomic mass is 10.0. The Balaban J connectivity index is 1.85. The van der Waals surface area contributed by atoms with E-state index in [-0.39, 0.29) is 17.9 Å². The molecule has 3 aromatic carbocycles. The van der Waals surface area contributed by atoms with Crippen molar-refractivity contribution in [2.45, 2.75) is 56.6 Å². The van der Waals surface area contributed by atoms with E-state index in [9.17, 15) is 9.59 Å². The molecule has 6 heteroatoms. The molecule has 0 saturated carbocycles. The third-order valence-electron chi connectivity index (χ3n) is 5.87. The molecular formula is C29H33BrN2O2S. The van der Waals surface area contributed by atoms with E-state index in [0.717, 1.165) is 26.9 Å². The average molecular weight is 554 g/mol. The molecule has 35 heavy (non-hydrogen) atoms. The van der Waals surface area contributed by atoms with E-state index in [0.29, 0.717) is 25.1 Å². The molecule has 4 nitrogen and oxygen atoms in total. The molecule has 184 valence electrons. The first-order valence-electron chi connectivity index (χ1n) is 12.0. The zero-order valence-electron chi connectivity index (χ0n) is 20.3. The van der Waals surface area contributed by atoms with Crippen molar-refractivity contribution in [3.63, 3.8) is 0 Å². The van der Waals surface area contributed by atoms with Gasteiger partial charge in [0.1, 0.15) is 6.04 Å². The summed E-state index contributed by atoms with van der Waals surface area (Å²) in [5.41, 5.74) is 2.02. The quantitative estimate of drug-likeness (QED) is 0.261. The molecule has 0 aliphatic rings. The normalized spacial score (nSPS) is 12.5. The number of carbonyl (C=O) groups excluding carboxylic acids is 2. The monoisotopic (exact) mass is 552 g/mol. The van der Waals surface area contributed by atoms with Gasteiger partial charge in [-0.25, -0.2) is 0 Å². The van der Waals surface area contributed by atoms with E-state index in [1.807, 2.05) is 98.8 Å². The van der Waals surface area contributed by atoms with Gasteiger partial charge >= 0.3 is 0 Å². The molecule has 3 rings (SSSR count). The summed E-state index contributed by atoms with van der Waals surface area (Å²) in [6.07, 6.45) is 1.66. The van der Waals surface area contributed by atoms with Gasteiger partial charge in [0.25, 0.3) is 0 Å². The summed E-state index contributed by atoms with van der Waals surface area (Å²) in [4.78, 5) is 30.0. The number of nitrogens with one attached hydrogen (secondary N) is 1. The standard InChI is InChI=1S/C29H33BrN2O2S/c1-3-22(2)31-29(34)27(20-23-10-6-4-7-11-23)32(21-24-14-16-25(30)17-15-24)28(33)18-19-35-26-12-8-5-9-13-26/h4-17,22,27H,3,18-21H2,1-2H3,(H,31,34)/t22-,27+/m1/s1. The fourth-order valence-corrected chi connectivity index (χ4v) is 4.82. The molecule has 0 fully saturated rings. The molecule has 0 aliphatic carbocycles. The molecular weight excluding hydrogens is 520 g/mol. The van der Waals surface area contributed by atoms with Gasteiger partial charge in [0.2, 0.25) is 11.8 Å². The number of benzene rings is 3. The highest BCUT2D eigenvalue weighted by Crippen LogP contribution is 2.21. The van der Waals surface area contributed by atoms with E-state index in [1.165, 1.54) is 0 Å². The minimum Gasteiger partial charge on any atom is -0.352 e. The first-order chi connectivity index (χ1) is 17.0. The maximum absolute atomic E-state index is 13.6. The summed E-state index contributed by atoms with van der Waals surface area (Å²) in [7, 11) is 0. The SMILES string of the molecule is CC[C@@H](C)NC(=O)[C@H](Cc1ccccc1)N(Cc1ccc(Br)cc1)C(=O)CCSc1ccccc1. The van der Waals surface area contributed by atoms with Crippen molar-refractivity contribution in [1.29, 1.82) is 0 Å². The predicted molar refractivity (Wildman–Crippen MR) is 148 cm³/mol. The van der Waals surface area contributed by atoms with Crippen molar-refractivity contribution >= 4 is 39.5 Å². The number of rotatable bonds is 12. The van der Waals surface area contributed by atoms with Crippen molar-refractivity contribution in [2.24, 2.45) is 0 Å². The van der Waals surface area contributed by atoms with Crippen molar-refractivity contribution in [2.75, 3.05) is 5.75 Å². The number of nitrogens with zero attached hydrogens (tertiary/aromatic N) is 1. The summed E-state index contributed by atoms with van der Waals surface area (Å²) >= 11 is 5.14. The maximum Gasteiger partial charge on any atom is 0.243 e. The molecule has 2 atom stereocenters. The molecule has 0 bridgehead atoms. The number of carbonyl (C=O) groups is 2. The molecule has 0 aromatic heterocycles. The second kappa shape index (κ2) is 14.1. The summed E-state index contributed by atoms with van der Waals surface area (Å²) in [6, 6.07) is 27.4. The minimum atomic E-state index is -0.593. The summed E-state index contributed by atoms with van der Waals surface area (Å²) < 4.78 is 0.980. The lowest BCUT2D eigenvalue weighted by Gasteiger charge is -2.32. The van der Waals surface area contributed by atoms with Crippen LogP contribution in [0.15, 0.2) is 94.3 Å². The second-order valence-corrected chi connectivity index (χ2v) is 10.7. The van der Waals surface area contributed by atoms with Gasteiger partial charge in [0.15, 0.2) is 0 Å².